The molecule has 4 aliphatic carbocycles. The fraction of sp³-hybridized carbons (Fsp3) is 0.696. The zero-order chi connectivity index (χ0) is 19.2. The van der Waals surface area contributed by atoms with E-state index in [0.717, 1.165) is 43.6 Å². The van der Waals surface area contributed by atoms with E-state index in [9.17, 15) is 4.79 Å². The van der Waals surface area contributed by atoms with Crippen molar-refractivity contribution in [2.75, 3.05) is 39.6 Å². The van der Waals surface area contributed by atoms with Gasteiger partial charge in [0.15, 0.2) is 0 Å². The average molecular weight is 371 g/mol. The Morgan fingerprint density at radius 2 is 1.59 bits per heavy atom. The summed E-state index contributed by atoms with van der Waals surface area (Å²) in [6.45, 7) is 0.726. The SMILES string of the molecule is CN(C)c1ccc([C@H](CNC(=O)C23CC4CC(CC(C4)C2)C3)[NH+](C)C)cc1. The molecule has 1 atom stereocenters. The number of anilines is 1. The Morgan fingerprint density at radius 3 is 2.04 bits per heavy atom. The zero-order valence-corrected chi connectivity index (χ0v) is 17.4. The number of carbonyl (C=O) groups excluding carboxylic acids is 1. The van der Waals surface area contributed by atoms with E-state index >= 15 is 0 Å². The van der Waals surface area contributed by atoms with Gasteiger partial charge in [0.05, 0.1) is 20.6 Å². The molecular formula is C23H36N3O+. The number of nitrogens with zero attached hydrogens (tertiary/aromatic N) is 1. The maximum atomic E-state index is 13.3. The molecule has 1 aromatic rings. The van der Waals surface area contributed by atoms with E-state index in [1.165, 1.54) is 35.4 Å². The molecule has 4 bridgehead atoms. The van der Waals surface area contributed by atoms with Gasteiger partial charge in [0.25, 0.3) is 0 Å². The summed E-state index contributed by atoms with van der Waals surface area (Å²) in [6, 6.07) is 9.06. The summed E-state index contributed by atoms with van der Waals surface area (Å²) in [6.07, 6.45) is 7.57. The molecule has 1 amide bonds. The van der Waals surface area contributed by atoms with Crippen LogP contribution in [0.5, 0.6) is 0 Å². The number of amides is 1. The minimum atomic E-state index is -0.0459. The van der Waals surface area contributed by atoms with Gasteiger partial charge >= 0.3 is 0 Å². The Morgan fingerprint density at radius 1 is 1.07 bits per heavy atom. The number of benzene rings is 1. The van der Waals surface area contributed by atoms with E-state index in [2.05, 4.69) is 62.7 Å². The van der Waals surface area contributed by atoms with Crippen molar-refractivity contribution in [3.8, 4) is 0 Å². The van der Waals surface area contributed by atoms with Gasteiger partial charge in [-0.2, -0.15) is 0 Å². The molecule has 5 rings (SSSR count). The number of quaternary nitrogens is 1. The van der Waals surface area contributed by atoms with Gasteiger partial charge < -0.3 is 15.1 Å². The second kappa shape index (κ2) is 7.12. The van der Waals surface area contributed by atoms with Crippen LogP contribution < -0.4 is 15.1 Å². The van der Waals surface area contributed by atoms with Crippen molar-refractivity contribution in [3.05, 3.63) is 29.8 Å². The van der Waals surface area contributed by atoms with Gasteiger partial charge in [-0.1, -0.05) is 12.1 Å². The average Bonchev–Trinajstić information content (AvgIpc) is 2.60. The molecule has 148 valence electrons. The van der Waals surface area contributed by atoms with Crippen molar-refractivity contribution in [2.24, 2.45) is 23.2 Å². The lowest BCUT2D eigenvalue weighted by molar-refractivity contribution is -0.890. The van der Waals surface area contributed by atoms with Crippen LogP contribution in [0.3, 0.4) is 0 Å². The van der Waals surface area contributed by atoms with Crippen molar-refractivity contribution in [2.45, 2.75) is 44.6 Å². The molecule has 4 aliphatic rings. The first-order valence-corrected chi connectivity index (χ1v) is 10.7. The van der Waals surface area contributed by atoms with Gasteiger partial charge in [-0.05, 0) is 68.4 Å². The molecule has 27 heavy (non-hydrogen) atoms. The highest BCUT2D eigenvalue weighted by Gasteiger charge is 2.54. The normalized spacial score (nSPS) is 32.6. The second-order valence-electron chi connectivity index (χ2n) is 10.0. The summed E-state index contributed by atoms with van der Waals surface area (Å²) in [5.74, 6) is 2.79. The standard InChI is InChI=1S/C23H35N3O/c1-25(2)20-7-5-19(6-8-20)21(26(3)4)15-24-22(27)23-12-16-9-17(13-23)11-18(10-16)14-23/h5-8,16-18,21H,9-15H2,1-4H3,(H,24,27)/p+1/t16?,17?,18?,21-,23?/m0/s1. The topological polar surface area (TPSA) is 36.8 Å². The molecule has 0 aliphatic heterocycles. The first-order chi connectivity index (χ1) is 12.9. The molecular weight excluding hydrogens is 334 g/mol. The Balaban J connectivity index is 1.43. The van der Waals surface area contributed by atoms with Crippen LogP contribution in [-0.2, 0) is 4.79 Å². The maximum absolute atomic E-state index is 13.3. The lowest BCUT2D eigenvalue weighted by atomic mass is 9.49. The second-order valence-corrected chi connectivity index (χ2v) is 10.0. The third-order valence-electron chi connectivity index (χ3n) is 7.50. The lowest BCUT2D eigenvalue weighted by Crippen LogP contribution is -3.07. The predicted octanol–water partition coefficient (Wildman–Crippen LogP) is 2.27. The molecule has 4 saturated carbocycles. The highest BCUT2D eigenvalue weighted by molar-refractivity contribution is 5.83. The van der Waals surface area contributed by atoms with Crippen LogP contribution in [0.2, 0.25) is 0 Å². The molecule has 4 fully saturated rings. The van der Waals surface area contributed by atoms with Gasteiger partial charge in [0.1, 0.15) is 6.04 Å². The van der Waals surface area contributed by atoms with E-state index in [-0.39, 0.29) is 5.41 Å². The van der Waals surface area contributed by atoms with Crippen LogP contribution in [0, 0.1) is 23.2 Å². The third kappa shape index (κ3) is 3.61. The molecule has 0 unspecified atom stereocenters. The molecule has 2 N–H and O–H groups in total. The largest absolute Gasteiger partial charge is 0.378 e. The van der Waals surface area contributed by atoms with E-state index in [0.29, 0.717) is 11.9 Å². The maximum Gasteiger partial charge on any atom is 0.226 e. The molecule has 1 aromatic carbocycles. The highest BCUT2D eigenvalue weighted by atomic mass is 16.2. The van der Waals surface area contributed by atoms with Gasteiger partial charge in [0, 0.05) is 30.8 Å². The van der Waals surface area contributed by atoms with Gasteiger partial charge in [-0.3, -0.25) is 4.79 Å². The van der Waals surface area contributed by atoms with Crippen LogP contribution in [0.4, 0.5) is 5.69 Å². The fourth-order valence-corrected chi connectivity index (χ4v) is 6.43. The number of nitrogens with one attached hydrogen (secondary N) is 2. The fourth-order valence-electron chi connectivity index (χ4n) is 6.43. The molecule has 4 heteroatoms. The minimum Gasteiger partial charge on any atom is -0.378 e. The predicted molar refractivity (Wildman–Crippen MR) is 110 cm³/mol. The van der Waals surface area contributed by atoms with Crippen molar-refractivity contribution in [1.82, 2.24) is 5.32 Å². The number of carbonyl (C=O) groups is 1. The van der Waals surface area contributed by atoms with Crippen molar-refractivity contribution in [3.63, 3.8) is 0 Å². The van der Waals surface area contributed by atoms with E-state index in [1.54, 1.807) is 0 Å². The summed E-state index contributed by atoms with van der Waals surface area (Å²) >= 11 is 0. The molecule has 4 nitrogen and oxygen atoms in total. The molecule has 0 saturated heterocycles. The van der Waals surface area contributed by atoms with Crippen molar-refractivity contribution >= 4 is 11.6 Å². The Labute approximate surface area is 164 Å². The Hall–Kier alpha value is -1.55. The molecule has 0 spiro atoms. The summed E-state index contributed by atoms with van der Waals surface area (Å²) in [5, 5.41) is 3.39. The first-order valence-electron chi connectivity index (χ1n) is 10.7. The lowest BCUT2D eigenvalue weighted by Gasteiger charge is -2.55. The number of hydrogen-bond donors (Lipinski definition) is 2. The monoisotopic (exact) mass is 370 g/mol. The molecule has 0 aromatic heterocycles. The van der Waals surface area contributed by atoms with Crippen LogP contribution >= 0.6 is 0 Å². The van der Waals surface area contributed by atoms with Crippen molar-refractivity contribution in [1.29, 1.82) is 0 Å². The van der Waals surface area contributed by atoms with Crippen LogP contribution in [-0.4, -0.2) is 40.6 Å². The first kappa shape index (κ1) is 18.8. The third-order valence-corrected chi connectivity index (χ3v) is 7.50. The Bertz CT molecular complexity index is 644. The van der Waals surface area contributed by atoms with E-state index < -0.39 is 0 Å². The minimum absolute atomic E-state index is 0.0459. The summed E-state index contributed by atoms with van der Waals surface area (Å²) in [5.41, 5.74) is 2.46. The van der Waals surface area contributed by atoms with Gasteiger partial charge in [-0.15, -0.1) is 0 Å². The highest BCUT2D eigenvalue weighted by Crippen LogP contribution is 2.60. The van der Waals surface area contributed by atoms with Crippen LogP contribution in [0.1, 0.15) is 50.1 Å². The molecule has 0 heterocycles. The van der Waals surface area contributed by atoms with E-state index in [4.69, 9.17) is 0 Å². The van der Waals surface area contributed by atoms with Crippen LogP contribution in [0.15, 0.2) is 24.3 Å². The van der Waals surface area contributed by atoms with Gasteiger partial charge in [-0.25, -0.2) is 0 Å². The van der Waals surface area contributed by atoms with E-state index in [1.807, 2.05) is 0 Å². The smallest absolute Gasteiger partial charge is 0.226 e. The number of likely N-dealkylation sites (N-methyl/N-ethyl adjacent to an activating group) is 1. The van der Waals surface area contributed by atoms with Crippen LogP contribution in [0.25, 0.3) is 0 Å². The quantitative estimate of drug-likeness (QED) is 0.806. The summed E-state index contributed by atoms with van der Waals surface area (Å²) < 4.78 is 0. The zero-order valence-electron chi connectivity index (χ0n) is 17.4. The van der Waals surface area contributed by atoms with Crippen molar-refractivity contribution < 1.29 is 9.69 Å². The number of hydrogen-bond acceptors (Lipinski definition) is 2. The molecule has 0 radical (unpaired) electrons. The number of rotatable bonds is 6. The Kier molecular flexibility index (Phi) is 4.96. The summed E-state index contributed by atoms with van der Waals surface area (Å²) in [7, 11) is 8.49. The van der Waals surface area contributed by atoms with Gasteiger partial charge in [0.2, 0.25) is 5.91 Å². The summed E-state index contributed by atoms with van der Waals surface area (Å²) in [4.78, 5) is 16.8.